The first-order valence-electron chi connectivity index (χ1n) is 11.9. The van der Waals surface area contributed by atoms with E-state index in [4.69, 9.17) is 5.73 Å². The van der Waals surface area contributed by atoms with Gasteiger partial charge in [-0.15, -0.1) is 0 Å². The Balaban J connectivity index is 1.45. The van der Waals surface area contributed by atoms with Gasteiger partial charge < -0.3 is 16.4 Å². The lowest BCUT2D eigenvalue weighted by Crippen LogP contribution is -2.30. The van der Waals surface area contributed by atoms with E-state index in [2.05, 4.69) is 27.6 Å². The number of fused-ring (bicyclic) bond motifs is 2. The van der Waals surface area contributed by atoms with Gasteiger partial charge in [0.05, 0.1) is 6.04 Å². The van der Waals surface area contributed by atoms with Crippen molar-refractivity contribution in [1.29, 1.82) is 0 Å². The fourth-order valence-electron chi connectivity index (χ4n) is 4.67. The van der Waals surface area contributed by atoms with Gasteiger partial charge in [-0.05, 0) is 66.6 Å². The molecule has 5 rings (SSSR count). The van der Waals surface area contributed by atoms with E-state index < -0.39 is 29.4 Å². The zero-order chi connectivity index (χ0) is 27.1. The highest BCUT2D eigenvalue weighted by atomic mass is 19.2. The summed E-state index contributed by atoms with van der Waals surface area (Å²) in [6.45, 7) is 4.00. The summed E-state index contributed by atoms with van der Waals surface area (Å²) in [5, 5.41) is 9.69. The highest BCUT2D eigenvalue weighted by Crippen LogP contribution is 2.34. The molecule has 0 bridgehead atoms. The zero-order valence-corrected chi connectivity index (χ0v) is 20.6. The Morgan fingerprint density at radius 1 is 1.03 bits per heavy atom. The number of carbonyl (C=O) groups is 3. The summed E-state index contributed by atoms with van der Waals surface area (Å²) < 4.78 is 27.9. The molecule has 2 heterocycles. The van der Waals surface area contributed by atoms with Gasteiger partial charge >= 0.3 is 0 Å². The van der Waals surface area contributed by atoms with Crippen LogP contribution in [0.25, 0.3) is 5.65 Å². The Bertz CT molecular complexity index is 1630. The number of hydrogen-bond acceptors (Lipinski definition) is 5. The van der Waals surface area contributed by atoms with Crippen molar-refractivity contribution in [2.45, 2.75) is 39.3 Å². The van der Waals surface area contributed by atoms with Crippen molar-refractivity contribution in [3.63, 3.8) is 0 Å². The minimum Gasteiger partial charge on any atom is -0.364 e. The monoisotopic (exact) mass is 518 g/mol. The number of nitrogens with zero attached hydrogens (tertiary/aromatic N) is 3. The Hall–Kier alpha value is -4.67. The third-order valence-electron chi connectivity index (χ3n) is 6.85. The van der Waals surface area contributed by atoms with Gasteiger partial charge in [0, 0.05) is 18.7 Å². The molecule has 0 aliphatic heterocycles. The molecule has 1 atom stereocenters. The molecule has 9 nitrogen and oxygen atoms in total. The molecule has 0 spiro atoms. The molecule has 0 saturated carbocycles. The van der Waals surface area contributed by atoms with Crippen molar-refractivity contribution >= 4 is 23.4 Å². The molecule has 38 heavy (non-hydrogen) atoms. The van der Waals surface area contributed by atoms with Gasteiger partial charge in [0.25, 0.3) is 17.7 Å². The van der Waals surface area contributed by atoms with Gasteiger partial charge in [-0.3, -0.25) is 14.4 Å². The Kier molecular flexibility index (Phi) is 6.35. The van der Waals surface area contributed by atoms with Gasteiger partial charge in [-0.25, -0.2) is 18.3 Å². The number of hydrogen-bond donors (Lipinski definition) is 3. The topological polar surface area (TPSA) is 131 Å². The Labute approximate surface area is 216 Å². The summed E-state index contributed by atoms with van der Waals surface area (Å²) in [5.41, 5.74) is 10.1. The van der Waals surface area contributed by atoms with E-state index in [1.807, 2.05) is 19.1 Å². The summed E-state index contributed by atoms with van der Waals surface area (Å²) in [4.78, 5) is 42.3. The van der Waals surface area contributed by atoms with Crippen molar-refractivity contribution in [2.75, 3.05) is 0 Å². The molecule has 3 amide bonds. The van der Waals surface area contributed by atoms with Crippen molar-refractivity contribution in [1.82, 2.24) is 25.2 Å². The number of nitrogens with two attached hydrogens (primary N) is 1. The fraction of sp³-hybridized carbons (Fsp3) is 0.222. The number of halogens is 2. The number of carbonyl (C=O) groups excluding carboxylic acids is 3. The van der Waals surface area contributed by atoms with Crippen LogP contribution in [0.3, 0.4) is 0 Å². The normalized spacial score (nSPS) is 14.4. The number of nitrogens with one attached hydrogen (secondary N) is 2. The molecule has 0 radical (unpaired) electrons. The molecule has 4 aromatic rings. The molecule has 194 valence electrons. The van der Waals surface area contributed by atoms with Crippen LogP contribution in [0.1, 0.15) is 71.7 Å². The number of primary amides is 1. The highest BCUT2D eigenvalue weighted by molar-refractivity contribution is 5.99. The average Bonchev–Trinajstić information content (AvgIpc) is 3.51. The quantitative estimate of drug-likeness (QED) is 0.361. The minimum atomic E-state index is -1.03. The molecular weight excluding hydrogens is 494 g/mol. The lowest BCUT2D eigenvalue weighted by atomic mass is 9.99. The molecule has 0 saturated heterocycles. The second kappa shape index (κ2) is 9.66. The summed E-state index contributed by atoms with van der Waals surface area (Å²) >= 11 is 0. The molecule has 4 N–H and O–H groups in total. The predicted octanol–water partition coefficient (Wildman–Crippen LogP) is 3.07. The first-order chi connectivity index (χ1) is 18.1. The van der Waals surface area contributed by atoms with Crippen LogP contribution in [-0.4, -0.2) is 32.3 Å². The van der Waals surface area contributed by atoms with Crippen molar-refractivity contribution in [3.05, 3.63) is 99.0 Å². The summed E-state index contributed by atoms with van der Waals surface area (Å²) in [7, 11) is 0. The second-order valence-corrected chi connectivity index (χ2v) is 9.26. The number of aromatic nitrogens is 3. The van der Waals surface area contributed by atoms with Crippen LogP contribution in [0.15, 0.2) is 42.5 Å². The maximum atomic E-state index is 13.5. The van der Waals surface area contributed by atoms with E-state index in [0.717, 1.165) is 28.6 Å². The molecular formula is C27H24F2N6O3. The number of aryl methyl sites for hydroxylation is 1. The zero-order valence-electron chi connectivity index (χ0n) is 20.6. The van der Waals surface area contributed by atoms with E-state index in [1.54, 1.807) is 0 Å². The van der Waals surface area contributed by atoms with E-state index in [9.17, 15) is 23.2 Å². The van der Waals surface area contributed by atoms with Gasteiger partial charge in [-0.1, -0.05) is 18.2 Å². The first kappa shape index (κ1) is 25.0. The van der Waals surface area contributed by atoms with Gasteiger partial charge in [-0.2, -0.15) is 5.10 Å². The minimum absolute atomic E-state index is 0.0160. The average molecular weight is 519 g/mol. The summed E-state index contributed by atoms with van der Waals surface area (Å²) in [6.07, 6.45) is 1.54. The van der Waals surface area contributed by atoms with Crippen LogP contribution in [0, 0.1) is 25.5 Å². The van der Waals surface area contributed by atoms with Crippen LogP contribution in [-0.2, 0) is 13.0 Å². The van der Waals surface area contributed by atoms with Crippen LogP contribution in [0.4, 0.5) is 8.78 Å². The van der Waals surface area contributed by atoms with Crippen LogP contribution < -0.4 is 16.4 Å². The SMILES string of the molecule is Cc1ccc2c(c1C)CC[C@@H]2NC(=O)c1cc(C(=O)NCc2ccc(F)c(F)c2)nc2cc(C(N)=O)nn12. The first-order valence-corrected chi connectivity index (χ1v) is 11.9. The van der Waals surface area contributed by atoms with Crippen LogP contribution >= 0.6 is 0 Å². The maximum absolute atomic E-state index is 13.5. The summed E-state index contributed by atoms with van der Waals surface area (Å²) in [6, 6.07) is 9.61. The Morgan fingerprint density at radius 3 is 2.55 bits per heavy atom. The van der Waals surface area contributed by atoms with E-state index >= 15 is 0 Å². The van der Waals surface area contributed by atoms with Crippen molar-refractivity contribution < 1.29 is 23.2 Å². The Morgan fingerprint density at radius 2 is 1.82 bits per heavy atom. The fourth-order valence-corrected chi connectivity index (χ4v) is 4.67. The molecule has 1 aliphatic carbocycles. The van der Waals surface area contributed by atoms with Crippen molar-refractivity contribution in [3.8, 4) is 0 Å². The largest absolute Gasteiger partial charge is 0.364 e. The third-order valence-corrected chi connectivity index (χ3v) is 6.85. The molecule has 0 fully saturated rings. The van der Waals surface area contributed by atoms with E-state index in [1.165, 1.54) is 34.9 Å². The lowest BCUT2D eigenvalue weighted by Gasteiger charge is -2.16. The van der Waals surface area contributed by atoms with E-state index in [-0.39, 0.29) is 35.3 Å². The molecule has 0 unspecified atom stereocenters. The standard InChI is InChI=1S/C27H24F2N6O3/c1-13-3-5-17-16(14(13)2)6-8-20(17)33-27(38)23-10-22(32-24-11-21(25(30)36)34-35(23)24)26(37)31-12-15-4-7-18(28)19(29)9-15/h3-5,7,9-11,20H,6,8,12H2,1-2H3,(H2,30,36)(H,31,37)(H,33,38)/t20-/m0/s1. The smallest absolute Gasteiger partial charge is 0.270 e. The van der Waals surface area contributed by atoms with Gasteiger partial charge in [0.15, 0.2) is 23.0 Å². The molecule has 2 aromatic heterocycles. The molecule has 1 aliphatic rings. The summed E-state index contributed by atoms with van der Waals surface area (Å²) in [5.74, 6) is -4.02. The number of rotatable bonds is 6. The van der Waals surface area contributed by atoms with Gasteiger partial charge in [0.2, 0.25) is 0 Å². The highest BCUT2D eigenvalue weighted by Gasteiger charge is 2.28. The van der Waals surface area contributed by atoms with Crippen LogP contribution in [0.5, 0.6) is 0 Å². The lowest BCUT2D eigenvalue weighted by molar-refractivity contribution is 0.0926. The van der Waals surface area contributed by atoms with E-state index in [0.29, 0.717) is 12.0 Å². The van der Waals surface area contributed by atoms with Crippen molar-refractivity contribution in [2.24, 2.45) is 5.73 Å². The molecule has 2 aromatic carbocycles. The predicted molar refractivity (Wildman–Crippen MR) is 133 cm³/mol. The van der Waals surface area contributed by atoms with Crippen LogP contribution in [0.2, 0.25) is 0 Å². The number of benzene rings is 2. The van der Waals surface area contributed by atoms with Gasteiger partial charge in [0.1, 0.15) is 11.4 Å². The maximum Gasteiger partial charge on any atom is 0.270 e. The number of amides is 3. The third kappa shape index (κ3) is 4.58. The second-order valence-electron chi connectivity index (χ2n) is 9.26. The molecule has 11 heteroatoms.